The van der Waals surface area contributed by atoms with E-state index in [1.165, 1.54) is 0 Å². The third-order valence-corrected chi connectivity index (χ3v) is 3.93. The topological polar surface area (TPSA) is 81.4 Å². The maximum atomic E-state index is 12.1. The molecule has 0 aliphatic rings. The summed E-state index contributed by atoms with van der Waals surface area (Å²) >= 11 is 11.9. The van der Waals surface area contributed by atoms with Crippen molar-refractivity contribution in [1.29, 1.82) is 0 Å². The minimum Gasteiger partial charge on any atom is -0.461 e. The summed E-state index contributed by atoms with van der Waals surface area (Å²) in [6, 6.07) is 12.5. The fourth-order valence-corrected chi connectivity index (χ4v) is 2.43. The molecule has 7 heteroatoms. The van der Waals surface area contributed by atoms with Gasteiger partial charge in [0, 0.05) is 15.6 Å². The van der Waals surface area contributed by atoms with Gasteiger partial charge in [0.15, 0.2) is 0 Å². The number of urea groups is 1. The predicted octanol–water partition coefficient (Wildman–Crippen LogP) is 3.84. The first-order valence-corrected chi connectivity index (χ1v) is 7.92. The van der Waals surface area contributed by atoms with Gasteiger partial charge >= 0.3 is 12.0 Å². The van der Waals surface area contributed by atoms with E-state index in [-0.39, 0.29) is 13.0 Å². The molecule has 2 rings (SSSR count). The van der Waals surface area contributed by atoms with Crippen LogP contribution in [0, 0.1) is 0 Å². The molecule has 0 heterocycles. The first kappa shape index (κ1) is 18.1. The first-order valence-electron chi connectivity index (χ1n) is 7.16. The van der Waals surface area contributed by atoms with Gasteiger partial charge in [0.1, 0.15) is 6.61 Å². The van der Waals surface area contributed by atoms with Gasteiger partial charge < -0.3 is 15.8 Å². The number of halogens is 2. The van der Waals surface area contributed by atoms with E-state index in [9.17, 15) is 9.59 Å². The number of rotatable bonds is 6. The van der Waals surface area contributed by atoms with E-state index in [1.807, 2.05) is 0 Å². The quantitative estimate of drug-likeness (QED) is 0.762. The monoisotopic (exact) mass is 366 g/mol. The van der Waals surface area contributed by atoms with Gasteiger partial charge in [-0.25, -0.2) is 4.79 Å². The standard InChI is InChI=1S/C17H16Cl2N2O3/c18-13-7-5-11(6-8-13)15(21-17(20)23)9-16(22)24-10-12-3-1-2-4-14(12)19/h1-8,15H,9-10H2,(H3,20,21,23)/t15-/m1/s1. The Morgan fingerprint density at radius 2 is 1.75 bits per heavy atom. The number of carbonyl (C=O) groups is 2. The molecule has 3 N–H and O–H groups in total. The smallest absolute Gasteiger partial charge is 0.312 e. The Morgan fingerprint density at radius 1 is 1.08 bits per heavy atom. The third kappa shape index (κ3) is 5.44. The summed E-state index contributed by atoms with van der Waals surface area (Å²) < 4.78 is 5.22. The minimum atomic E-state index is -0.728. The zero-order valence-electron chi connectivity index (χ0n) is 12.7. The highest BCUT2D eigenvalue weighted by atomic mass is 35.5. The van der Waals surface area contributed by atoms with Gasteiger partial charge in [0.25, 0.3) is 0 Å². The molecule has 0 aromatic heterocycles. The number of amides is 2. The minimum absolute atomic E-state index is 0.0580. The van der Waals surface area contributed by atoms with Gasteiger partial charge in [-0.2, -0.15) is 0 Å². The van der Waals surface area contributed by atoms with Gasteiger partial charge in [0.05, 0.1) is 12.5 Å². The van der Waals surface area contributed by atoms with Crippen molar-refractivity contribution in [3.8, 4) is 0 Å². The van der Waals surface area contributed by atoms with Gasteiger partial charge in [0.2, 0.25) is 0 Å². The van der Waals surface area contributed by atoms with Crippen LogP contribution in [0.4, 0.5) is 4.79 Å². The SMILES string of the molecule is NC(=O)N[C@H](CC(=O)OCc1ccccc1Cl)c1ccc(Cl)cc1. The van der Waals surface area contributed by atoms with Crippen LogP contribution in [0.2, 0.25) is 10.0 Å². The fraction of sp³-hybridized carbons (Fsp3) is 0.176. The zero-order chi connectivity index (χ0) is 17.5. The summed E-state index contributed by atoms with van der Waals surface area (Å²) in [5.41, 5.74) is 6.58. The van der Waals surface area contributed by atoms with Crippen LogP contribution in [0.3, 0.4) is 0 Å². The van der Waals surface area contributed by atoms with Crippen LogP contribution >= 0.6 is 23.2 Å². The fourth-order valence-electron chi connectivity index (χ4n) is 2.12. The second-order valence-corrected chi connectivity index (χ2v) is 5.91. The highest BCUT2D eigenvalue weighted by Gasteiger charge is 2.18. The number of nitrogens with two attached hydrogens (primary N) is 1. The van der Waals surface area contributed by atoms with Crippen molar-refractivity contribution in [1.82, 2.24) is 5.32 Å². The lowest BCUT2D eigenvalue weighted by molar-refractivity contribution is -0.145. The van der Waals surface area contributed by atoms with Crippen molar-refractivity contribution in [3.63, 3.8) is 0 Å². The van der Waals surface area contributed by atoms with E-state index in [1.54, 1.807) is 48.5 Å². The van der Waals surface area contributed by atoms with E-state index in [4.69, 9.17) is 33.7 Å². The highest BCUT2D eigenvalue weighted by Crippen LogP contribution is 2.21. The molecule has 0 radical (unpaired) electrons. The summed E-state index contributed by atoms with van der Waals surface area (Å²) in [6.07, 6.45) is -0.0605. The summed E-state index contributed by atoms with van der Waals surface area (Å²) in [5, 5.41) is 3.60. The van der Waals surface area contributed by atoms with Crippen molar-refractivity contribution in [2.75, 3.05) is 0 Å². The second-order valence-electron chi connectivity index (χ2n) is 5.07. The lowest BCUT2D eigenvalue weighted by Gasteiger charge is -2.17. The van der Waals surface area contributed by atoms with Crippen molar-refractivity contribution in [3.05, 3.63) is 69.7 Å². The molecule has 0 fully saturated rings. The van der Waals surface area contributed by atoms with Gasteiger partial charge in [-0.05, 0) is 23.8 Å². The van der Waals surface area contributed by atoms with Gasteiger partial charge in [-0.1, -0.05) is 53.5 Å². The van der Waals surface area contributed by atoms with Crippen molar-refractivity contribution >= 4 is 35.2 Å². The molecular formula is C17H16Cl2N2O3. The largest absolute Gasteiger partial charge is 0.461 e. The number of esters is 1. The summed E-state index contributed by atoms with van der Waals surface area (Å²) in [7, 11) is 0. The van der Waals surface area contributed by atoms with Crippen LogP contribution < -0.4 is 11.1 Å². The molecule has 5 nitrogen and oxygen atoms in total. The van der Waals surface area contributed by atoms with Crippen molar-refractivity contribution in [2.45, 2.75) is 19.1 Å². The molecule has 2 aromatic rings. The lowest BCUT2D eigenvalue weighted by atomic mass is 10.0. The van der Waals surface area contributed by atoms with E-state index in [2.05, 4.69) is 5.32 Å². The highest BCUT2D eigenvalue weighted by molar-refractivity contribution is 6.31. The average Bonchev–Trinajstić information content (AvgIpc) is 2.54. The van der Waals surface area contributed by atoms with Crippen molar-refractivity contribution < 1.29 is 14.3 Å². The Kier molecular flexibility index (Phi) is 6.46. The summed E-state index contributed by atoms with van der Waals surface area (Å²) in [6.45, 7) is 0.0580. The molecule has 24 heavy (non-hydrogen) atoms. The molecule has 1 atom stereocenters. The Morgan fingerprint density at radius 3 is 2.38 bits per heavy atom. The normalized spacial score (nSPS) is 11.6. The van der Waals surface area contributed by atoms with Gasteiger partial charge in [-0.3, -0.25) is 4.79 Å². The van der Waals surface area contributed by atoms with Crippen molar-refractivity contribution in [2.24, 2.45) is 5.73 Å². The molecule has 0 spiro atoms. The van der Waals surface area contributed by atoms with Crippen LogP contribution in [0.5, 0.6) is 0 Å². The molecule has 0 unspecified atom stereocenters. The van der Waals surface area contributed by atoms with Crippen LogP contribution in [0.1, 0.15) is 23.6 Å². The molecule has 0 saturated carbocycles. The van der Waals surface area contributed by atoms with Gasteiger partial charge in [-0.15, -0.1) is 0 Å². The molecule has 126 valence electrons. The van der Waals surface area contributed by atoms with E-state index in [0.717, 1.165) is 0 Å². The Balaban J connectivity index is 2.00. The molecule has 0 saturated heterocycles. The van der Waals surface area contributed by atoms with E-state index >= 15 is 0 Å². The van der Waals surface area contributed by atoms with Crippen LogP contribution in [-0.4, -0.2) is 12.0 Å². The summed E-state index contributed by atoms with van der Waals surface area (Å²) in [5.74, 6) is -0.483. The molecule has 0 aliphatic heterocycles. The first-order chi connectivity index (χ1) is 11.5. The number of benzene rings is 2. The Bertz CT molecular complexity index is 720. The molecule has 0 aliphatic carbocycles. The average molecular weight is 367 g/mol. The van der Waals surface area contributed by atoms with E-state index in [0.29, 0.717) is 21.2 Å². The van der Waals surface area contributed by atoms with Crippen LogP contribution in [-0.2, 0) is 16.1 Å². The van der Waals surface area contributed by atoms with Crippen LogP contribution in [0.15, 0.2) is 48.5 Å². The lowest BCUT2D eigenvalue weighted by Crippen LogP contribution is -2.34. The number of hydrogen-bond donors (Lipinski definition) is 2. The van der Waals surface area contributed by atoms with Crippen LogP contribution in [0.25, 0.3) is 0 Å². The number of carbonyl (C=O) groups excluding carboxylic acids is 2. The zero-order valence-corrected chi connectivity index (χ0v) is 14.2. The molecular weight excluding hydrogens is 351 g/mol. The number of nitrogens with one attached hydrogen (secondary N) is 1. The third-order valence-electron chi connectivity index (χ3n) is 3.31. The number of ether oxygens (including phenoxy) is 1. The molecule has 2 aromatic carbocycles. The predicted molar refractivity (Wildman–Crippen MR) is 92.8 cm³/mol. The Hall–Kier alpha value is -2.24. The second kappa shape index (κ2) is 8.57. The Labute approximate surface area is 149 Å². The molecule has 0 bridgehead atoms. The maximum Gasteiger partial charge on any atom is 0.312 e. The summed E-state index contributed by atoms with van der Waals surface area (Å²) in [4.78, 5) is 23.2. The number of hydrogen-bond acceptors (Lipinski definition) is 3. The molecule has 2 amide bonds. The maximum absolute atomic E-state index is 12.1. The van der Waals surface area contributed by atoms with E-state index < -0.39 is 18.0 Å². The number of primary amides is 1.